The van der Waals surface area contributed by atoms with Gasteiger partial charge in [-0.15, -0.1) is 0 Å². The van der Waals surface area contributed by atoms with Gasteiger partial charge in [-0.05, 0) is 29.8 Å². The standard InChI is InChI=1S/C22H20FNO4/c1-27-22(26)21(15-7-3-2-4-8-15)24-20(25)14-12-16-11-13-19(28-16)17-9-5-6-10-18(17)23/h2-11,13,21H,12,14H2,1H3,(H,24,25)/t21-/m0/s1. The maximum absolute atomic E-state index is 13.8. The van der Waals surface area contributed by atoms with E-state index in [2.05, 4.69) is 5.32 Å². The van der Waals surface area contributed by atoms with Crippen molar-refractivity contribution in [3.05, 3.63) is 83.9 Å². The maximum atomic E-state index is 13.8. The first kappa shape index (κ1) is 19.4. The van der Waals surface area contributed by atoms with Crippen LogP contribution in [0.3, 0.4) is 0 Å². The summed E-state index contributed by atoms with van der Waals surface area (Å²) in [5, 5.41) is 2.69. The maximum Gasteiger partial charge on any atom is 0.333 e. The van der Waals surface area contributed by atoms with Crippen LogP contribution in [-0.2, 0) is 20.7 Å². The summed E-state index contributed by atoms with van der Waals surface area (Å²) in [5.74, 6) is -0.264. The first-order chi connectivity index (χ1) is 13.6. The van der Waals surface area contributed by atoms with E-state index in [9.17, 15) is 14.0 Å². The molecule has 0 bridgehead atoms. The number of halogens is 1. The summed E-state index contributed by atoms with van der Waals surface area (Å²) in [7, 11) is 1.28. The Balaban J connectivity index is 1.62. The molecular weight excluding hydrogens is 361 g/mol. The van der Waals surface area contributed by atoms with E-state index in [0.717, 1.165) is 0 Å². The van der Waals surface area contributed by atoms with E-state index in [1.165, 1.54) is 13.2 Å². The van der Waals surface area contributed by atoms with Gasteiger partial charge in [0.15, 0.2) is 6.04 Å². The first-order valence-electron chi connectivity index (χ1n) is 8.84. The fraction of sp³-hybridized carbons (Fsp3) is 0.182. The van der Waals surface area contributed by atoms with Crippen molar-refractivity contribution in [1.82, 2.24) is 5.32 Å². The Labute approximate surface area is 162 Å². The van der Waals surface area contributed by atoms with Crippen LogP contribution in [0.5, 0.6) is 0 Å². The minimum absolute atomic E-state index is 0.116. The van der Waals surface area contributed by atoms with Crippen LogP contribution in [0.4, 0.5) is 4.39 Å². The number of hydrogen-bond donors (Lipinski definition) is 1. The molecule has 3 rings (SSSR count). The summed E-state index contributed by atoms with van der Waals surface area (Å²) < 4.78 is 24.3. The molecule has 1 amide bonds. The van der Waals surface area contributed by atoms with Crippen molar-refractivity contribution in [2.24, 2.45) is 0 Å². The Kier molecular flexibility index (Phi) is 6.22. The van der Waals surface area contributed by atoms with Crippen molar-refractivity contribution in [3.8, 4) is 11.3 Å². The molecule has 1 aromatic heterocycles. The molecule has 1 atom stereocenters. The summed E-state index contributed by atoms with van der Waals surface area (Å²) in [6.07, 6.45) is 0.438. The average Bonchev–Trinajstić information content (AvgIpc) is 3.19. The second-order valence-electron chi connectivity index (χ2n) is 6.18. The van der Waals surface area contributed by atoms with Gasteiger partial charge in [-0.1, -0.05) is 42.5 Å². The molecule has 2 aromatic carbocycles. The third-order valence-electron chi connectivity index (χ3n) is 4.27. The van der Waals surface area contributed by atoms with Crippen LogP contribution in [0.25, 0.3) is 11.3 Å². The van der Waals surface area contributed by atoms with E-state index in [0.29, 0.717) is 29.1 Å². The number of methoxy groups -OCH3 is 1. The van der Waals surface area contributed by atoms with Crippen molar-refractivity contribution < 1.29 is 23.1 Å². The summed E-state index contributed by atoms with van der Waals surface area (Å²) in [6, 6.07) is 17.7. The molecule has 3 aromatic rings. The predicted molar refractivity (Wildman–Crippen MR) is 102 cm³/mol. The van der Waals surface area contributed by atoms with Crippen LogP contribution in [0.1, 0.15) is 23.8 Å². The number of carbonyl (C=O) groups is 2. The molecule has 0 aliphatic rings. The third kappa shape index (κ3) is 4.65. The number of rotatable bonds is 7. The summed E-state index contributed by atoms with van der Waals surface area (Å²) >= 11 is 0. The van der Waals surface area contributed by atoms with E-state index in [1.54, 1.807) is 54.6 Å². The highest BCUT2D eigenvalue weighted by atomic mass is 19.1. The lowest BCUT2D eigenvalue weighted by molar-refractivity contribution is -0.145. The number of carbonyl (C=O) groups excluding carboxylic acids is 2. The van der Waals surface area contributed by atoms with E-state index < -0.39 is 12.0 Å². The van der Waals surface area contributed by atoms with Gasteiger partial charge in [0, 0.05) is 12.8 Å². The average molecular weight is 381 g/mol. The molecule has 6 heteroatoms. The molecule has 0 saturated carbocycles. The SMILES string of the molecule is COC(=O)[C@@H](NC(=O)CCc1ccc(-c2ccccc2F)o1)c1ccccc1. The number of furan rings is 1. The molecule has 5 nitrogen and oxygen atoms in total. The molecule has 0 aliphatic heterocycles. The molecule has 0 spiro atoms. The highest BCUT2D eigenvalue weighted by Gasteiger charge is 2.23. The third-order valence-corrected chi connectivity index (χ3v) is 4.27. The summed E-state index contributed by atoms with van der Waals surface area (Å²) in [6.45, 7) is 0. The van der Waals surface area contributed by atoms with E-state index in [-0.39, 0.29) is 18.1 Å². The second-order valence-corrected chi connectivity index (χ2v) is 6.18. The zero-order valence-corrected chi connectivity index (χ0v) is 15.4. The minimum atomic E-state index is -0.871. The number of amides is 1. The Morgan fingerprint density at radius 2 is 1.75 bits per heavy atom. The van der Waals surface area contributed by atoms with Gasteiger partial charge >= 0.3 is 5.97 Å². The Hall–Kier alpha value is -3.41. The van der Waals surface area contributed by atoms with Gasteiger partial charge in [0.25, 0.3) is 0 Å². The van der Waals surface area contributed by atoms with Crippen LogP contribution in [0.2, 0.25) is 0 Å². The predicted octanol–water partition coefficient (Wildman–Crippen LogP) is 4.05. The van der Waals surface area contributed by atoms with Gasteiger partial charge in [0.2, 0.25) is 5.91 Å². The minimum Gasteiger partial charge on any atom is -0.467 e. The van der Waals surface area contributed by atoms with Crippen LogP contribution >= 0.6 is 0 Å². The second kappa shape index (κ2) is 8.99. The normalized spacial score (nSPS) is 11.6. The van der Waals surface area contributed by atoms with Crippen molar-refractivity contribution >= 4 is 11.9 Å². The van der Waals surface area contributed by atoms with Crippen LogP contribution in [0, 0.1) is 5.82 Å². The summed E-state index contributed by atoms with van der Waals surface area (Å²) in [4.78, 5) is 24.4. The highest BCUT2D eigenvalue weighted by molar-refractivity contribution is 5.85. The van der Waals surface area contributed by atoms with Gasteiger partial charge in [-0.25, -0.2) is 9.18 Å². The van der Waals surface area contributed by atoms with E-state index in [1.807, 2.05) is 6.07 Å². The van der Waals surface area contributed by atoms with Crippen molar-refractivity contribution in [2.45, 2.75) is 18.9 Å². The van der Waals surface area contributed by atoms with Crippen molar-refractivity contribution in [3.63, 3.8) is 0 Å². The molecule has 0 unspecified atom stereocenters. The topological polar surface area (TPSA) is 68.5 Å². The smallest absolute Gasteiger partial charge is 0.333 e. The van der Waals surface area contributed by atoms with Crippen molar-refractivity contribution in [2.75, 3.05) is 7.11 Å². The number of nitrogens with one attached hydrogen (secondary N) is 1. The highest BCUT2D eigenvalue weighted by Crippen LogP contribution is 2.25. The lowest BCUT2D eigenvalue weighted by Gasteiger charge is -2.16. The molecule has 28 heavy (non-hydrogen) atoms. The fourth-order valence-electron chi connectivity index (χ4n) is 2.83. The van der Waals surface area contributed by atoms with Crippen LogP contribution in [0.15, 0.2) is 71.1 Å². The van der Waals surface area contributed by atoms with Crippen LogP contribution < -0.4 is 5.32 Å². The number of aryl methyl sites for hydroxylation is 1. The molecule has 1 N–H and O–H groups in total. The zero-order valence-electron chi connectivity index (χ0n) is 15.4. The number of ether oxygens (including phenoxy) is 1. The molecule has 144 valence electrons. The zero-order chi connectivity index (χ0) is 19.9. The lowest BCUT2D eigenvalue weighted by atomic mass is 10.1. The summed E-state index contributed by atoms with van der Waals surface area (Å²) in [5.41, 5.74) is 1.01. The Bertz CT molecular complexity index is 952. The Morgan fingerprint density at radius 1 is 1.04 bits per heavy atom. The van der Waals surface area contributed by atoms with Gasteiger partial charge in [-0.3, -0.25) is 4.79 Å². The quantitative estimate of drug-likeness (QED) is 0.627. The Morgan fingerprint density at radius 3 is 2.46 bits per heavy atom. The van der Waals surface area contributed by atoms with Gasteiger partial charge in [0.05, 0.1) is 12.7 Å². The fourth-order valence-corrected chi connectivity index (χ4v) is 2.83. The number of benzene rings is 2. The van der Waals surface area contributed by atoms with E-state index in [4.69, 9.17) is 9.15 Å². The van der Waals surface area contributed by atoms with Gasteiger partial charge < -0.3 is 14.5 Å². The monoisotopic (exact) mass is 381 g/mol. The molecule has 1 heterocycles. The van der Waals surface area contributed by atoms with E-state index >= 15 is 0 Å². The molecular formula is C22H20FNO4. The first-order valence-corrected chi connectivity index (χ1v) is 8.84. The van der Waals surface area contributed by atoms with Crippen LogP contribution in [-0.4, -0.2) is 19.0 Å². The largest absolute Gasteiger partial charge is 0.467 e. The molecule has 0 saturated heterocycles. The van der Waals surface area contributed by atoms with Gasteiger partial charge in [-0.2, -0.15) is 0 Å². The molecule has 0 fully saturated rings. The molecule has 0 aliphatic carbocycles. The van der Waals surface area contributed by atoms with Crippen molar-refractivity contribution in [1.29, 1.82) is 0 Å². The van der Waals surface area contributed by atoms with Gasteiger partial charge in [0.1, 0.15) is 17.3 Å². The number of hydrogen-bond acceptors (Lipinski definition) is 4. The molecule has 0 radical (unpaired) electrons. The lowest BCUT2D eigenvalue weighted by Crippen LogP contribution is -2.34. The number of esters is 1.